The maximum absolute atomic E-state index is 11.3. The number of hydrogen-bond donors (Lipinski definition) is 1. The minimum absolute atomic E-state index is 0. The Kier molecular flexibility index (Phi) is 3.38. The summed E-state index contributed by atoms with van der Waals surface area (Å²) in [6.45, 7) is 0. The summed E-state index contributed by atoms with van der Waals surface area (Å²) in [5.41, 5.74) is -0.671. The van der Waals surface area contributed by atoms with Gasteiger partial charge in [0.15, 0.2) is 0 Å². The van der Waals surface area contributed by atoms with E-state index in [0.717, 1.165) is 32.1 Å². The fraction of sp³-hybridized carbons (Fsp3) is 0.750. The van der Waals surface area contributed by atoms with Crippen molar-refractivity contribution in [2.75, 3.05) is 0 Å². The quantitative estimate of drug-likeness (QED) is 0.403. The van der Waals surface area contributed by atoms with Crippen LogP contribution in [0.25, 0.3) is 0 Å². The van der Waals surface area contributed by atoms with Gasteiger partial charge in [-0.05, 0) is 12.8 Å². The number of hydrogen-bond acceptors (Lipinski definition) is 3. The van der Waals surface area contributed by atoms with Crippen LogP contribution in [-0.4, -0.2) is 17.5 Å². The Morgan fingerprint density at radius 2 is 1.92 bits per heavy atom. The van der Waals surface area contributed by atoms with Gasteiger partial charge >= 0.3 is 29.6 Å². The second-order valence-corrected chi connectivity index (χ2v) is 3.46. The van der Waals surface area contributed by atoms with Crippen LogP contribution in [0, 0.1) is 0 Å². The number of rotatable bonds is 0. The van der Waals surface area contributed by atoms with Crippen LogP contribution in [0.2, 0.25) is 0 Å². The van der Waals surface area contributed by atoms with Crippen molar-refractivity contribution in [3.63, 3.8) is 0 Å². The van der Waals surface area contributed by atoms with E-state index in [1.807, 2.05) is 0 Å². The maximum Gasteiger partial charge on any atom is 1.00 e. The Balaban J connectivity index is 0.000000845. The predicted octanol–water partition coefficient (Wildman–Crippen LogP) is -3.46. The zero-order valence-corrected chi connectivity index (χ0v) is 9.80. The van der Waals surface area contributed by atoms with Crippen molar-refractivity contribution in [2.24, 2.45) is 4.99 Å². The first kappa shape index (κ1) is 11.0. The number of carbonyl (C=O) groups is 1. The smallest absolute Gasteiger partial charge is 0.846 e. The van der Waals surface area contributed by atoms with Gasteiger partial charge in [0.2, 0.25) is 0 Å². The van der Waals surface area contributed by atoms with E-state index in [2.05, 4.69) is 10.3 Å². The molecule has 0 unspecified atom stereocenters. The molecule has 5 heteroatoms. The van der Waals surface area contributed by atoms with E-state index in [1.165, 1.54) is 0 Å². The number of nitrogens with one attached hydrogen (secondary N) is 1. The van der Waals surface area contributed by atoms with Crippen molar-refractivity contribution in [2.45, 2.75) is 37.6 Å². The molecular weight excluding hydrogens is 179 g/mol. The first-order valence-corrected chi connectivity index (χ1v) is 4.31. The molecule has 1 saturated carbocycles. The van der Waals surface area contributed by atoms with Crippen LogP contribution >= 0.6 is 0 Å². The summed E-state index contributed by atoms with van der Waals surface area (Å²) in [5, 5.41) is 13.1. The third-order valence-electron chi connectivity index (χ3n) is 2.64. The number of amidine groups is 1. The zero-order valence-electron chi connectivity index (χ0n) is 7.80. The largest absolute Gasteiger partial charge is 1.00 e. The second kappa shape index (κ2) is 3.98. The van der Waals surface area contributed by atoms with E-state index in [4.69, 9.17) is 0 Å². The maximum atomic E-state index is 11.3. The summed E-state index contributed by atoms with van der Waals surface area (Å²) in [6, 6.07) is -0.457. The molecule has 0 aromatic rings. The molecule has 1 amide bonds. The first-order valence-electron chi connectivity index (χ1n) is 4.31. The van der Waals surface area contributed by atoms with Crippen molar-refractivity contribution in [1.82, 2.24) is 5.32 Å². The summed E-state index contributed by atoms with van der Waals surface area (Å²) >= 11 is 0. The topological polar surface area (TPSA) is 64.5 Å². The third kappa shape index (κ3) is 1.90. The Hall–Kier alpha value is -0.0600. The number of nitrogens with zero attached hydrogens (tertiary/aromatic N) is 1. The molecule has 1 spiro atoms. The fourth-order valence-corrected chi connectivity index (χ4v) is 1.96. The van der Waals surface area contributed by atoms with Crippen molar-refractivity contribution in [3.05, 3.63) is 0 Å². The van der Waals surface area contributed by atoms with E-state index in [1.54, 1.807) is 0 Å². The van der Waals surface area contributed by atoms with Crippen LogP contribution in [0.5, 0.6) is 0 Å². The summed E-state index contributed by atoms with van der Waals surface area (Å²) in [4.78, 5) is 15.2. The number of carbonyl (C=O) groups excluding carboxylic acids is 1. The number of amides is 1. The molecule has 0 aromatic carbocycles. The van der Waals surface area contributed by atoms with E-state index in [-0.39, 0.29) is 35.5 Å². The Bertz CT molecular complexity index is 247. The van der Waals surface area contributed by atoms with Crippen LogP contribution in [0.4, 0.5) is 0 Å². The van der Waals surface area contributed by atoms with Crippen LogP contribution < -0.4 is 40.0 Å². The summed E-state index contributed by atoms with van der Waals surface area (Å²) in [7, 11) is 0. The molecule has 0 aromatic heterocycles. The SMILES string of the molecule is O=C1NC([O-])=NC12CCCCC2.[Na+]. The van der Waals surface area contributed by atoms with Gasteiger partial charge < -0.3 is 10.4 Å². The monoisotopic (exact) mass is 190 g/mol. The van der Waals surface area contributed by atoms with E-state index in [9.17, 15) is 9.90 Å². The second-order valence-electron chi connectivity index (χ2n) is 3.46. The van der Waals surface area contributed by atoms with Crippen LogP contribution in [-0.2, 0) is 4.79 Å². The van der Waals surface area contributed by atoms with Gasteiger partial charge in [-0.15, -0.1) is 0 Å². The van der Waals surface area contributed by atoms with Gasteiger partial charge in [0.1, 0.15) is 5.54 Å². The van der Waals surface area contributed by atoms with Crippen LogP contribution in [0.1, 0.15) is 32.1 Å². The summed E-state index contributed by atoms with van der Waals surface area (Å²) in [5.74, 6) is -0.188. The van der Waals surface area contributed by atoms with Gasteiger partial charge in [-0.2, -0.15) is 0 Å². The van der Waals surface area contributed by atoms with Crippen LogP contribution in [0.15, 0.2) is 4.99 Å². The van der Waals surface area contributed by atoms with E-state index < -0.39 is 11.6 Å². The Labute approximate surface area is 99.1 Å². The zero-order chi connectivity index (χ0) is 8.60. The molecule has 0 atom stereocenters. The minimum atomic E-state index is -0.671. The predicted molar refractivity (Wildman–Crippen MR) is 41.4 cm³/mol. The average molecular weight is 190 g/mol. The standard InChI is InChI=1S/C8H12N2O2.Na/c11-6-8(10-7(12)9-6)4-2-1-3-5-8;/h1-5H2,(H2,9,10,11,12);/q;+1/p-1. The molecule has 2 aliphatic rings. The van der Waals surface area contributed by atoms with Gasteiger partial charge in [-0.1, -0.05) is 19.3 Å². The molecule has 4 nitrogen and oxygen atoms in total. The number of aliphatic imine (C=N–C) groups is 1. The molecule has 0 radical (unpaired) electrons. The molecule has 1 heterocycles. The van der Waals surface area contributed by atoms with Crippen molar-refractivity contribution < 1.29 is 39.5 Å². The molecule has 1 aliphatic carbocycles. The van der Waals surface area contributed by atoms with Crippen LogP contribution in [0.3, 0.4) is 0 Å². The Morgan fingerprint density at radius 3 is 2.38 bits per heavy atom. The third-order valence-corrected chi connectivity index (χ3v) is 2.64. The van der Waals surface area contributed by atoms with Gasteiger partial charge in [0, 0.05) is 0 Å². The molecule has 66 valence electrons. The molecule has 0 bridgehead atoms. The van der Waals surface area contributed by atoms with Crippen molar-refractivity contribution in [3.8, 4) is 0 Å². The minimum Gasteiger partial charge on any atom is -0.846 e. The molecular formula is C8H11N2NaO2. The molecule has 1 fully saturated rings. The molecule has 2 rings (SSSR count). The van der Waals surface area contributed by atoms with E-state index >= 15 is 0 Å². The van der Waals surface area contributed by atoms with E-state index in [0.29, 0.717) is 0 Å². The molecule has 13 heavy (non-hydrogen) atoms. The van der Waals surface area contributed by atoms with Gasteiger partial charge in [-0.25, -0.2) is 0 Å². The van der Waals surface area contributed by atoms with Crippen molar-refractivity contribution >= 4 is 11.9 Å². The summed E-state index contributed by atoms with van der Waals surface area (Å²) in [6.07, 6.45) is 4.64. The normalized spacial score (nSPS) is 24.9. The van der Waals surface area contributed by atoms with Gasteiger partial charge in [-0.3, -0.25) is 9.79 Å². The molecule has 0 saturated heterocycles. The summed E-state index contributed by atoms with van der Waals surface area (Å²) < 4.78 is 0. The van der Waals surface area contributed by atoms with Gasteiger partial charge in [0.05, 0.1) is 6.02 Å². The van der Waals surface area contributed by atoms with Crippen molar-refractivity contribution in [1.29, 1.82) is 0 Å². The van der Waals surface area contributed by atoms with Gasteiger partial charge in [0.25, 0.3) is 5.91 Å². The molecule has 1 N–H and O–H groups in total. The molecule has 1 aliphatic heterocycles. The first-order chi connectivity index (χ1) is 5.73. The Morgan fingerprint density at radius 1 is 1.31 bits per heavy atom. The average Bonchev–Trinajstić information content (AvgIpc) is 2.29. The fourth-order valence-electron chi connectivity index (χ4n) is 1.96.